The molecular formula is C21H30N2O5S. The van der Waals surface area contributed by atoms with Gasteiger partial charge in [0.05, 0.1) is 18.1 Å². The van der Waals surface area contributed by atoms with Gasteiger partial charge in [0.2, 0.25) is 5.88 Å². The van der Waals surface area contributed by atoms with E-state index in [0.717, 1.165) is 38.3 Å². The summed E-state index contributed by atoms with van der Waals surface area (Å²) >= 11 is 0. The monoisotopic (exact) mass is 422 g/mol. The van der Waals surface area contributed by atoms with Crippen LogP contribution in [0.5, 0.6) is 5.88 Å². The van der Waals surface area contributed by atoms with Gasteiger partial charge >= 0.3 is 6.09 Å². The Kier molecular flexibility index (Phi) is 5.99. The average molecular weight is 423 g/mol. The minimum atomic E-state index is -3.23. The third kappa shape index (κ3) is 5.62. The molecule has 0 aromatic carbocycles. The molecule has 1 aliphatic heterocycles. The minimum Gasteiger partial charge on any atom is -0.478 e. The molecule has 8 heteroatoms. The number of amides is 1. The summed E-state index contributed by atoms with van der Waals surface area (Å²) in [6.45, 7) is 2.81. The molecule has 3 aliphatic rings. The smallest absolute Gasteiger partial charge is 0.409 e. The second kappa shape index (κ2) is 8.50. The predicted molar refractivity (Wildman–Crippen MR) is 107 cm³/mol. The third-order valence-corrected chi connectivity index (χ3v) is 7.49. The normalized spacial score (nSPS) is 24.9. The molecule has 4 rings (SSSR count). The van der Waals surface area contributed by atoms with Gasteiger partial charge in [0.25, 0.3) is 0 Å². The Bertz CT molecular complexity index is 814. The molecule has 7 nitrogen and oxygen atoms in total. The molecule has 3 fully saturated rings. The highest BCUT2D eigenvalue weighted by atomic mass is 32.2. The number of likely N-dealkylation sites (tertiary alicyclic amines) is 1. The van der Waals surface area contributed by atoms with E-state index in [2.05, 4.69) is 4.98 Å². The Labute approximate surface area is 172 Å². The van der Waals surface area contributed by atoms with Gasteiger partial charge in [-0.25, -0.2) is 18.2 Å². The molecule has 1 aromatic heterocycles. The molecule has 2 saturated carbocycles. The van der Waals surface area contributed by atoms with Crippen molar-refractivity contribution < 1.29 is 22.7 Å². The number of pyridine rings is 1. The molecule has 0 bridgehead atoms. The van der Waals surface area contributed by atoms with Crippen LogP contribution in [0.3, 0.4) is 0 Å². The Hall–Kier alpha value is -1.83. The number of piperidine rings is 1. The first-order valence-electron chi connectivity index (χ1n) is 10.6. The fourth-order valence-corrected chi connectivity index (χ4v) is 4.80. The van der Waals surface area contributed by atoms with Gasteiger partial charge in [0, 0.05) is 31.6 Å². The number of aromatic nitrogens is 1. The molecule has 0 radical (unpaired) electrons. The van der Waals surface area contributed by atoms with Crippen molar-refractivity contribution in [2.75, 3.05) is 32.6 Å². The highest BCUT2D eigenvalue weighted by Crippen LogP contribution is 2.49. The molecule has 1 aromatic rings. The van der Waals surface area contributed by atoms with Crippen LogP contribution in [0.25, 0.3) is 0 Å². The minimum absolute atomic E-state index is 0.134. The lowest BCUT2D eigenvalue weighted by molar-refractivity contribution is 0.0814. The molecule has 1 amide bonds. The van der Waals surface area contributed by atoms with E-state index < -0.39 is 9.84 Å². The van der Waals surface area contributed by atoms with Gasteiger partial charge in [-0.1, -0.05) is 0 Å². The number of carbonyl (C=O) groups is 1. The van der Waals surface area contributed by atoms with Gasteiger partial charge in [-0.2, -0.15) is 0 Å². The molecule has 160 valence electrons. The number of sulfone groups is 1. The van der Waals surface area contributed by atoms with Gasteiger partial charge in [-0.05, 0) is 68.3 Å². The van der Waals surface area contributed by atoms with E-state index in [-0.39, 0.29) is 11.0 Å². The van der Waals surface area contributed by atoms with Crippen LogP contribution < -0.4 is 4.74 Å². The SMILES string of the molecule is CS(=O)(=O)c1ccc(OCC[C@@H]2C[C@@H]2C2CCN(C(=O)OCC3CC3)CC2)nc1. The van der Waals surface area contributed by atoms with E-state index in [1.165, 1.54) is 37.8 Å². The number of hydrogen-bond acceptors (Lipinski definition) is 6. The van der Waals surface area contributed by atoms with Gasteiger partial charge < -0.3 is 14.4 Å². The molecule has 0 N–H and O–H groups in total. The number of rotatable bonds is 8. The zero-order valence-electron chi connectivity index (χ0n) is 17.0. The summed E-state index contributed by atoms with van der Waals surface area (Å²) in [5.41, 5.74) is 0. The van der Waals surface area contributed by atoms with E-state index in [0.29, 0.717) is 36.8 Å². The summed E-state index contributed by atoms with van der Waals surface area (Å²) in [5, 5.41) is 0. The fourth-order valence-electron chi connectivity index (χ4n) is 4.24. The summed E-state index contributed by atoms with van der Waals surface area (Å²) in [6, 6.07) is 3.14. The van der Waals surface area contributed by atoms with Crippen LogP contribution in [0.1, 0.15) is 38.5 Å². The van der Waals surface area contributed by atoms with Crippen molar-refractivity contribution in [3.8, 4) is 5.88 Å². The molecule has 2 aliphatic carbocycles. The predicted octanol–water partition coefficient (Wildman–Crippen LogP) is 3.15. The molecular weight excluding hydrogens is 392 g/mol. The molecule has 29 heavy (non-hydrogen) atoms. The third-order valence-electron chi connectivity index (χ3n) is 6.40. The zero-order chi connectivity index (χ0) is 20.4. The summed E-state index contributed by atoms with van der Waals surface area (Å²) in [6.07, 6.45) is 9.13. The van der Waals surface area contributed by atoms with Crippen molar-refractivity contribution in [3.05, 3.63) is 18.3 Å². The standard InChI is InChI=1S/C21H30N2O5S/c1-29(25,26)18-4-5-20(22-13-18)27-11-8-17-12-19(17)16-6-9-23(10-7-16)21(24)28-14-15-2-3-15/h4-5,13,15-17,19H,2-3,6-12,14H2,1H3/t17-,19-/m1/s1. The molecule has 2 atom stereocenters. The Balaban J connectivity index is 1.12. The highest BCUT2D eigenvalue weighted by molar-refractivity contribution is 7.90. The molecule has 0 unspecified atom stereocenters. The van der Waals surface area contributed by atoms with E-state index in [1.54, 1.807) is 6.07 Å². The number of hydrogen-bond donors (Lipinski definition) is 0. The van der Waals surface area contributed by atoms with Crippen LogP contribution in [0.15, 0.2) is 23.2 Å². The first kappa shape index (κ1) is 20.4. The van der Waals surface area contributed by atoms with Crippen molar-refractivity contribution in [1.29, 1.82) is 0 Å². The quantitative estimate of drug-likeness (QED) is 0.640. The summed E-state index contributed by atoms with van der Waals surface area (Å²) in [4.78, 5) is 18.2. The van der Waals surface area contributed by atoms with Gasteiger partial charge in [-0.3, -0.25) is 0 Å². The van der Waals surface area contributed by atoms with Crippen LogP contribution in [0, 0.1) is 23.7 Å². The Morgan fingerprint density at radius 1 is 1.21 bits per heavy atom. The maximum absolute atomic E-state index is 12.1. The van der Waals surface area contributed by atoms with E-state index in [9.17, 15) is 13.2 Å². The van der Waals surface area contributed by atoms with Crippen LogP contribution in [-0.2, 0) is 14.6 Å². The van der Waals surface area contributed by atoms with Crippen LogP contribution in [0.2, 0.25) is 0 Å². The van der Waals surface area contributed by atoms with Crippen LogP contribution in [0.4, 0.5) is 4.79 Å². The first-order valence-corrected chi connectivity index (χ1v) is 12.5. The molecule has 1 saturated heterocycles. The summed E-state index contributed by atoms with van der Waals surface area (Å²) in [5.74, 6) is 3.19. The number of carbonyl (C=O) groups excluding carboxylic acids is 1. The Morgan fingerprint density at radius 2 is 1.97 bits per heavy atom. The van der Waals surface area contributed by atoms with Crippen molar-refractivity contribution >= 4 is 15.9 Å². The van der Waals surface area contributed by atoms with Crippen molar-refractivity contribution in [3.63, 3.8) is 0 Å². The fraction of sp³-hybridized carbons (Fsp3) is 0.714. The van der Waals surface area contributed by atoms with Gasteiger partial charge in [0.15, 0.2) is 9.84 Å². The lowest BCUT2D eigenvalue weighted by atomic mass is 9.91. The number of ether oxygens (including phenoxy) is 2. The first-order chi connectivity index (χ1) is 13.9. The topological polar surface area (TPSA) is 85.8 Å². The summed E-state index contributed by atoms with van der Waals surface area (Å²) in [7, 11) is -3.23. The van der Waals surface area contributed by atoms with Crippen molar-refractivity contribution in [2.45, 2.75) is 43.4 Å². The maximum atomic E-state index is 12.1. The Morgan fingerprint density at radius 3 is 2.59 bits per heavy atom. The lowest BCUT2D eigenvalue weighted by Gasteiger charge is -2.31. The van der Waals surface area contributed by atoms with Crippen molar-refractivity contribution in [1.82, 2.24) is 9.88 Å². The zero-order valence-corrected chi connectivity index (χ0v) is 17.8. The largest absolute Gasteiger partial charge is 0.478 e. The molecule has 2 heterocycles. The second-order valence-electron chi connectivity index (χ2n) is 8.75. The lowest BCUT2D eigenvalue weighted by Crippen LogP contribution is -2.39. The average Bonchev–Trinajstić information content (AvgIpc) is 3.62. The molecule has 0 spiro atoms. The van der Waals surface area contributed by atoms with Crippen LogP contribution >= 0.6 is 0 Å². The van der Waals surface area contributed by atoms with Gasteiger partial charge in [-0.15, -0.1) is 0 Å². The summed E-state index contributed by atoms with van der Waals surface area (Å²) < 4.78 is 34.0. The highest BCUT2D eigenvalue weighted by Gasteiger charge is 2.43. The van der Waals surface area contributed by atoms with E-state index in [1.807, 2.05) is 4.90 Å². The maximum Gasteiger partial charge on any atom is 0.409 e. The van der Waals surface area contributed by atoms with Crippen molar-refractivity contribution in [2.24, 2.45) is 23.7 Å². The van der Waals surface area contributed by atoms with Gasteiger partial charge in [0.1, 0.15) is 0 Å². The van der Waals surface area contributed by atoms with E-state index >= 15 is 0 Å². The van der Waals surface area contributed by atoms with Crippen LogP contribution in [-0.4, -0.2) is 57.0 Å². The van der Waals surface area contributed by atoms with E-state index in [4.69, 9.17) is 9.47 Å². The second-order valence-corrected chi connectivity index (χ2v) is 10.8. The number of nitrogens with zero attached hydrogens (tertiary/aromatic N) is 2.